The van der Waals surface area contributed by atoms with Crippen LogP contribution in [0.5, 0.6) is 5.75 Å². The molecule has 0 radical (unpaired) electrons. The van der Waals surface area contributed by atoms with Crippen LogP contribution in [-0.4, -0.2) is 5.78 Å². The number of halogens is 1. The highest BCUT2D eigenvalue weighted by Gasteiger charge is 2.13. The minimum absolute atomic E-state index is 0.0807. The first kappa shape index (κ1) is 14.8. The van der Waals surface area contributed by atoms with Gasteiger partial charge in [0.1, 0.15) is 12.4 Å². The summed E-state index contributed by atoms with van der Waals surface area (Å²) in [5.41, 5.74) is 2.88. The van der Waals surface area contributed by atoms with Crippen LogP contribution in [0.15, 0.2) is 46.9 Å². The lowest BCUT2D eigenvalue weighted by atomic mass is 10.0. The zero-order chi connectivity index (χ0) is 14.5. The Labute approximate surface area is 127 Å². The Morgan fingerprint density at radius 2 is 1.85 bits per heavy atom. The third-order valence-electron chi connectivity index (χ3n) is 3.18. The number of hydrogen-bond donors (Lipinski definition) is 0. The number of hydrogen-bond acceptors (Lipinski definition) is 2. The zero-order valence-corrected chi connectivity index (χ0v) is 13.2. The van der Waals surface area contributed by atoms with E-state index in [1.54, 1.807) is 6.92 Å². The van der Waals surface area contributed by atoms with Crippen LogP contribution in [0.25, 0.3) is 0 Å². The molecule has 0 saturated heterocycles. The van der Waals surface area contributed by atoms with Crippen LogP contribution in [0.1, 0.15) is 35.3 Å². The largest absolute Gasteiger partial charge is 0.488 e. The molecule has 2 aromatic carbocycles. The monoisotopic (exact) mass is 332 g/mol. The maximum absolute atomic E-state index is 11.6. The molecule has 0 aliphatic heterocycles. The molecule has 0 aliphatic rings. The second-order valence-electron chi connectivity index (χ2n) is 4.59. The fourth-order valence-electron chi connectivity index (χ4n) is 2.12. The summed E-state index contributed by atoms with van der Waals surface area (Å²) in [5, 5.41) is 0. The summed E-state index contributed by atoms with van der Waals surface area (Å²) < 4.78 is 6.72. The second-order valence-corrected chi connectivity index (χ2v) is 5.38. The van der Waals surface area contributed by atoms with E-state index in [-0.39, 0.29) is 5.78 Å². The highest BCUT2D eigenvalue weighted by Crippen LogP contribution is 2.32. The third-order valence-corrected chi connectivity index (χ3v) is 4.05. The van der Waals surface area contributed by atoms with E-state index in [2.05, 4.69) is 15.9 Å². The van der Waals surface area contributed by atoms with Gasteiger partial charge in [0.25, 0.3) is 0 Å². The number of Topliss-reactive ketones (excluding diaryl/α,β-unsaturated/α-hetero) is 1. The van der Waals surface area contributed by atoms with Gasteiger partial charge in [0, 0.05) is 5.56 Å². The highest BCUT2D eigenvalue weighted by atomic mass is 79.9. The van der Waals surface area contributed by atoms with Gasteiger partial charge in [-0.25, -0.2) is 0 Å². The van der Waals surface area contributed by atoms with E-state index in [9.17, 15) is 4.79 Å². The summed E-state index contributed by atoms with van der Waals surface area (Å²) in [6.07, 6.45) is 0.790. The molecule has 0 aliphatic carbocycles. The second kappa shape index (κ2) is 6.71. The first-order valence-electron chi connectivity index (χ1n) is 6.62. The molecular formula is C17H17BrO2. The van der Waals surface area contributed by atoms with E-state index >= 15 is 0 Å². The summed E-state index contributed by atoms with van der Waals surface area (Å²) in [6.45, 7) is 4.14. The van der Waals surface area contributed by atoms with Gasteiger partial charge in [0.05, 0.1) is 4.47 Å². The normalized spacial score (nSPS) is 10.3. The van der Waals surface area contributed by atoms with E-state index in [0.29, 0.717) is 6.61 Å². The van der Waals surface area contributed by atoms with Crippen LogP contribution in [0.4, 0.5) is 0 Å². The Kier molecular flexibility index (Phi) is 4.96. The van der Waals surface area contributed by atoms with Crippen molar-refractivity contribution < 1.29 is 9.53 Å². The molecule has 0 amide bonds. The average molecular weight is 333 g/mol. The predicted molar refractivity (Wildman–Crippen MR) is 84.3 cm³/mol. The molecule has 20 heavy (non-hydrogen) atoms. The maximum Gasteiger partial charge on any atom is 0.160 e. The van der Waals surface area contributed by atoms with Crippen molar-refractivity contribution in [2.45, 2.75) is 26.9 Å². The van der Waals surface area contributed by atoms with E-state index in [0.717, 1.165) is 33.3 Å². The van der Waals surface area contributed by atoms with Gasteiger partial charge in [-0.3, -0.25) is 4.79 Å². The highest BCUT2D eigenvalue weighted by molar-refractivity contribution is 9.10. The molecule has 0 heterocycles. The van der Waals surface area contributed by atoms with Gasteiger partial charge in [0.15, 0.2) is 5.78 Å². The fourth-order valence-corrected chi connectivity index (χ4v) is 2.86. The van der Waals surface area contributed by atoms with Crippen LogP contribution in [0, 0.1) is 0 Å². The molecule has 0 spiro atoms. The number of ether oxygens (including phenoxy) is 1. The van der Waals surface area contributed by atoms with Crippen LogP contribution >= 0.6 is 15.9 Å². The van der Waals surface area contributed by atoms with Gasteiger partial charge in [0.2, 0.25) is 0 Å². The molecule has 2 aromatic rings. The minimum Gasteiger partial charge on any atom is -0.488 e. The average Bonchev–Trinajstić information content (AvgIpc) is 2.46. The number of carbonyl (C=O) groups is 1. The van der Waals surface area contributed by atoms with Crippen molar-refractivity contribution in [3.05, 3.63) is 63.6 Å². The molecule has 0 N–H and O–H groups in total. The molecule has 0 bridgehead atoms. The van der Waals surface area contributed by atoms with Gasteiger partial charge < -0.3 is 4.74 Å². The lowest BCUT2D eigenvalue weighted by Crippen LogP contribution is -2.03. The Morgan fingerprint density at radius 3 is 2.45 bits per heavy atom. The van der Waals surface area contributed by atoms with Crippen molar-refractivity contribution in [1.82, 2.24) is 0 Å². The van der Waals surface area contributed by atoms with Crippen molar-refractivity contribution in [3.63, 3.8) is 0 Å². The van der Waals surface area contributed by atoms with Crippen LogP contribution in [0.3, 0.4) is 0 Å². The van der Waals surface area contributed by atoms with E-state index in [1.165, 1.54) is 0 Å². The first-order chi connectivity index (χ1) is 9.63. The van der Waals surface area contributed by atoms with E-state index in [4.69, 9.17) is 4.74 Å². The summed E-state index contributed by atoms with van der Waals surface area (Å²) in [7, 11) is 0. The number of benzene rings is 2. The standard InChI is InChI=1S/C17H17BrO2/c1-3-14-15(12(2)19)9-10-16(17(14)18)20-11-13-7-5-4-6-8-13/h4-10H,3,11H2,1-2H3. The molecular weight excluding hydrogens is 316 g/mol. The SMILES string of the molecule is CCc1c(C(C)=O)ccc(OCc2ccccc2)c1Br. The predicted octanol–water partition coefficient (Wildman–Crippen LogP) is 4.79. The number of carbonyl (C=O) groups excluding carboxylic acids is 1. The van der Waals surface area contributed by atoms with E-state index < -0.39 is 0 Å². The Balaban J connectivity index is 2.23. The van der Waals surface area contributed by atoms with Crippen molar-refractivity contribution in [2.24, 2.45) is 0 Å². The smallest absolute Gasteiger partial charge is 0.160 e. The lowest BCUT2D eigenvalue weighted by Gasteiger charge is -2.13. The summed E-state index contributed by atoms with van der Waals surface area (Å²) >= 11 is 3.56. The van der Waals surface area contributed by atoms with Gasteiger partial charge >= 0.3 is 0 Å². The summed E-state index contributed by atoms with van der Waals surface area (Å²) in [4.78, 5) is 11.6. The van der Waals surface area contributed by atoms with Crippen molar-refractivity contribution in [2.75, 3.05) is 0 Å². The zero-order valence-electron chi connectivity index (χ0n) is 11.7. The van der Waals surface area contributed by atoms with Crippen LogP contribution < -0.4 is 4.74 Å². The summed E-state index contributed by atoms with van der Waals surface area (Å²) in [5.74, 6) is 0.855. The summed E-state index contributed by atoms with van der Waals surface area (Å²) in [6, 6.07) is 13.7. The molecule has 3 heteroatoms. The van der Waals surface area contributed by atoms with Crippen molar-refractivity contribution in [3.8, 4) is 5.75 Å². The molecule has 0 aromatic heterocycles. The van der Waals surface area contributed by atoms with Gasteiger partial charge in [-0.1, -0.05) is 37.3 Å². The van der Waals surface area contributed by atoms with Crippen molar-refractivity contribution in [1.29, 1.82) is 0 Å². The molecule has 2 nitrogen and oxygen atoms in total. The van der Waals surface area contributed by atoms with Crippen LogP contribution in [0.2, 0.25) is 0 Å². The molecule has 0 fully saturated rings. The molecule has 0 saturated carbocycles. The van der Waals surface area contributed by atoms with Crippen LogP contribution in [-0.2, 0) is 13.0 Å². The molecule has 2 rings (SSSR count). The Bertz CT molecular complexity index is 606. The number of ketones is 1. The van der Waals surface area contributed by atoms with Gasteiger partial charge in [-0.15, -0.1) is 0 Å². The van der Waals surface area contributed by atoms with E-state index in [1.807, 2.05) is 49.4 Å². The number of rotatable bonds is 5. The quantitative estimate of drug-likeness (QED) is 0.735. The fraction of sp³-hybridized carbons (Fsp3) is 0.235. The Morgan fingerprint density at radius 1 is 1.15 bits per heavy atom. The Hall–Kier alpha value is -1.61. The lowest BCUT2D eigenvalue weighted by molar-refractivity contribution is 0.101. The molecule has 0 unspecified atom stereocenters. The maximum atomic E-state index is 11.6. The minimum atomic E-state index is 0.0807. The van der Waals surface area contributed by atoms with Gasteiger partial charge in [-0.2, -0.15) is 0 Å². The topological polar surface area (TPSA) is 26.3 Å². The van der Waals surface area contributed by atoms with Gasteiger partial charge in [-0.05, 0) is 52.5 Å². The molecule has 104 valence electrons. The molecule has 0 atom stereocenters. The third kappa shape index (κ3) is 3.28. The first-order valence-corrected chi connectivity index (χ1v) is 7.41. The van der Waals surface area contributed by atoms with Crippen molar-refractivity contribution >= 4 is 21.7 Å².